The predicted octanol–water partition coefficient (Wildman–Crippen LogP) is 3.79. The minimum Gasteiger partial charge on any atom is -0.505 e. The summed E-state index contributed by atoms with van der Waals surface area (Å²) in [6, 6.07) is 3.36. The summed E-state index contributed by atoms with van der Waals surface area (Å²) in [6.07, 6.45) is 3.05. The lowest BCUT2D eigenvalue weighted by atomic mass is 9.54. The molecule has 0 bridgehead atoms. The molecule has 0 aliphatic heterocycles. The quantitative estimate of drug-likeness (QED) is 0.510. The molecular weight excluding hydrogens is 422 g/mol. The highest BCUT2D eigenvalue weighted by molar-refractivity contribution is 14.1. The second kappa shape index (κ2) is 5.81. The smallest absolute Gasteiger partial charge is 0.168 e. The highest BCUT2D eigenvalue weighted by Crippen LogP contribution is 2.62. The number of methoxy groups -OCH3 is 1. The highest BCUT2D eigenvalue weighted by atomic mass is 127. The van der Waals surface area contributed by atoms with Crippen LogP contribution in [-0.4, -0.2) is 33.5 Å². The molecule has 1 aromatic rings. The van der Waals surface area contributed by atoms with Crippen LogP contribution in [0.4, 0.5) is 4.39 Å². The highest BCUT2D eigenvalue weighted by Gasteiger charge is 2.60. The lowest BCUT2D eigenvalue weighted by Gasteiger charge is -2.53. The number of benzene rings is 1. The van der Waals surface area contributed by atoms with Crippen LogP contribution < -0.4 is 0 Å². The fraction of sp³-hybridized carbons (Fsp3) is 0.684. The number of halogens is 2. The molecular formula is C19H24FIO3. The van der Waals surface area contributed by atoms with Gasteiger partial charge in [0, 0.05) is 22.4 Å². The Hall–Kier alpha value is -0.400. The minimum absolute atomic E-state index is 0.0180. The van der Waals surface area contributed by atoms with E-state index in [0.29, 0.717) is 23.8 Å². The normalized spacial score (nSPS) is 43.9. The van der Waals surface area contributed by atoms with E-state index >= 15 is 0 Å². The summed E-state index contributed by atoms with van der Waals surface area (Å²) in [7, 11) is 1.72. The maximum atomic E-state index is 14.4. The second-order valence-electron chi connectivity index (χ2n) is 7.98. The molecule has 3 aliphatic rings. The summed E-state index contributed by atoms with van der Waals surface area (Å²) in [6.45, 7) is 2.20. The number of phenols is 1. The SMILES string of the molecule is CO[C@H]1C[C@]2(C)[C@@H](O)[C@H](I)C[C@H]2[C@@H]2CCc3c(ccc(O)c3F)[C@H]21. The number of aromatic hydroxyl groups is 1. The zero-order valence-corrected chi connectivity index (χ0v) is 16.2. The Bertz CT molecular complexity index is 666. The molecule has 0 aromatic heterocycles. The van der Waals surface area contributed by atoms with Crippen molar-refractivity contribution in [2.75, 3.05) is 7.11 Å². The molecule has 4 rings (SSSR count). The average Bonchev–Trinajstić information content (AvgIpc) is 2.80. The molecule has 24 heavy (non-hydrogen) atoms. The number of alkyl halides is 1. The van der Waals surface area contributed by atoms with Crippen LogP contribution in [0, 0.1) is 23.1 Å². The number of ether oxygens (including phenoxy) is 1. The molecule has 2 fully saturated rings. The molecule has 3 aliphatic carbocycles. The van der Waals surface area contributed by atoms with Crippen molar-refractivity contribution in [2.24, 2.45) is 17.3 Å². The van der Waals surface area contributed by atoms with Crippen LogP contribution in [0.25, 0.3) is 0 Å². The summed E-state index contributed by atoms with van der Waals surface area (Å²) >= 11 is 2.38. The van der Waals surface area contributed by atoms with Crippen LogP contribution in [-0.2, 0) is 11.2 Å². The standard InChI is InChI=1S/C19H24FIO3/c1-19-8-15(24-2)16-9-5-6-14(22)17(20)10(9)3-4-11(16)12(19)7-13(21)18(19)23/h5-6,11-13,15-16,18,22-23H,3-4,7-8H2,1-2H3/t11-,12-,13+,15-,16+,18-,19-/m0/s1. The van der Waals surface area contributed by atoms with Crippen LogP contribution in [0.2, 0.25) is 0 Å². The van der Waals surface area contributed by atoms with Gasteiger partial charge in [0.25, 0.3) is 0 Å². The molecule has 0 heterocycles. The van der Waals surface area contributed by atoms with Crippen molar-refractivity contribution in [3.05, 3.63) is 29.1 Å². The van der Waals surface area contributed by atoms with Gasteiger partial charge in [0.15, 0.2) is 11.6 Å². The Labute approximate surface area is 155 Å². The van der Waals surface area contributed by atoms with E-state index in [0.717, 1.165) is 24.8 Å². The molecule has 0 saturated heterocycles. The van der Waals surface area contributed by atoms with Crippen molar-refractivity contribution < 1.29 is 19.3 Å². The number of fused-ring (bicyclic) bond motifs is 5. The second-order valence-corrected chi connectivity index (χ2v) is 9.58. The van der Waals surface area contributed by atoms with E-state index in [-0.39, 0.29) is 33.2 Å². The molecule has 132 valence electrons. The summed E-state index contributed by atoms with van der Waals surface area (Å²) in [5.41, 5.74) is 1.54. The first-order valence-electron chi connectivity index (χ1n) is 8.73. The molecule has 0 radical (unpaired) electrons. The van der Waals surface area contributed by atoms with Crippen molar-refractivity contribution in [1.29, 1.82) is 0 Å². The molecule has 0 amide bonds. The number of rotatable bonds is 1. The monoisotopic (exact) mass is 446 g/mol. The molecule has 3 nitrogen and oxygen atoms in total. The molecule has 0 spiro atoms. The van der Waals surface area contributed by atoms with Crippen molar-refractivity contribution in [3.63, 3.8) is 0 Å². The van der Waals surface area contributed by atoms with E-state index in [9.17, 15) is 14.6 Å². The van der Waals surface area contributed by atoms with Gasteiger partial charge >= 0.3 is 0 Å². The maximum absolute atomic E-state index is 14.4. The molecule has 5 heteroatoms. The summed E-state index contributed by atoms with van der Waals surface area (Å²) in [5.74, 6) is 0.272. The van der Waals surface area contributed by atoms with E-state index in [2.05, 4.69) is 29.5 Å². The fourth-order valence-electron chi connectivity index (χ4n) is 5.84. The van der Waals surface area contributed by atoms with Gasteiger partial charge in [-0.15, -0.1) is 0 Å². The van der Waals surface area contributed by atoms with Crippen LogP contribution in [0.3, 0.4) is 0 Å². The Morgan fingerprint density at radius 2 is 2.12 bits per heavy atom. The lowest BCUT2D eigenvalue weighted by Crippen LogP contribution is -2.51. The van der Waals surface area contributed by atoms with Crippen LogP contribution >= 0.6 is 22.6 Å². The number of aliphatic hydroxyl groups is 1. The zero-order valence-electron chi connectivity index (χ0n) is 14.0. The van der Waals surface area contributed by atoms with Crippen LogP contribution in [0.5, 0.6) is 5.75 Å². The first kappa shape index (κ1) is 17.0. The maximum Gasteiger partial charge on any atom is 0.168 e. The van der Waals surface area contributed by atoms with Gasteiger partial charge in [-0.05, 0) is 54.7 Å². The van der Waals surface area contributed by atoms with Gasteiger partial charge in [-0.25, -0.2) is 4.39 Å². The summed E-state index contributed by atoms with van der Waals surface area (Å²) in [5, 5.41) is 20.5. The lowest BCUT2D eigenvalue weighted by molar-refractivity contribution is -0.0924. The third-order valence-corrected chi connectivity index (χ3v) is 8.20. The van der Waals surface area contributed by atoms with Gasteiger partial charge in [-0.2, -0.15) is 0 Å². The zero-order chi connectivity index (χ0) is 17.2. The van der Waals surface area contributed by atoms with Crippen LogP contribution in [0.15, 0.2) is 12.1 Å². The number of hydrogen-bond donors (Lipinski definition) is 2. The van der Waals surface area contributed by atoms with E-state index in [1.807, 2.05) is 6.07 Å². The van der Waals surface area contributed by atoms with E-state index in [1.54, 1.807) is 7.11 Å². The van der Waals surface area contributed by atoms with Gasteiger partial charge in [0.2, 0.25) is 0 Å². The van der Waals surface area contributed by atoms with Crippen molar-refractivity contribution in [2.45, 2.75) is 54.7 Å². The molecule has 2 saturated carbocycles. The Balaban J connectivity index is 1.80. The van der Waals surface area contributed by atoms with Crippen LogP contribution in [0.1, 0.15) is 43.2 Å². The van der Waals surface area contributed by atoms with E-state index in [1.165, 1.54) is 6.07 Å². The van der Waals surface area contributed by atoms with E-state index < -0.39 is 5.82 Å². The number of hydrogen-bond acceptors (Lipinski definition) is 3. The van der Waals surface area contributed by atoms with Gasteiger partial charge in [-0.3, -0.25) is 0 Å². The molecule has 2 N–H and O–H groups in total. The molecule has 7 atom stereocenters. The van der Waals surface area contributed by atoms with Gasteiger partial charge in [0.1, 0.15) is 0 Å². The van der Waals surface area contributed by atoms with Crippen molar-refractivity contribution in [3.8, 4) is 5.75 Å². The number of phenolic OH excluding ortho intramolecular Hbond substituents is 1. The van der Waals surface area contributed by atoms with Gasteiger partial charge in [0.05, 0.1) is 12.2 Å². The third-order valence-electron chi connectivity index (χ3n) is 7.01. The summed E-state index contributed by atoms with van der Waals surface area (Å²) in [4.78, 5) is 0. The largest absolute Gasteiger partial charge is 0.505 e. The topological polar surface area (TPSA) is 49.7 Å². The number of aliphatic hydroxyl groups excluding tert-OH is 1. The Morgan fingerprint density at radius 3 is 2.83 bits per heavy atom. The molecule has 1 aromatic carbocycles. The van der Waals surface area contributed by atoms with Crippen molar-refractivity contribution >= 4 is 22.6 Å². The van der Waals surface area contributed by atoms with Crippen molar-refractivity contribution in [1.82, 2.24) is 0 Å². The molecule has 0 unspecified atom stereocenters. The Kier molecular flexibility index (Phi) is 4.12. The summed E-state index contributed by atoms with van der Waals surface area (Å²) < 4.78 is 20.5. The first-order valence-corrected chi connectivity index (χ1v) is 9.98. The fourth-order valence-corrected chi connectivity index (χ4v) is 7.21. The van der Waals surface area contributed by atoms with E-state index in [4.69, 9.17) is 4.74 Å². The van der Waals surface area contributed by atoms with Gasteiger partial charge < -0.3 is 14.9 Å². The Morgan fingerprint density at radius 1 is 1.38 bits per heavy atom. The first-order chi connectivity index (χ1) is 11.4. The average molecular weight is 446 g/mol. The predicted molar refractivity (Wildman–Crippen MR) is 98.1 cm³/mol. The minimum atomic E-state index is -0.465. The third kappa shape index (κ3) is 2.20. The van der Waals surface area contributed by atoms with Gasteiger partial charge in [-0.1, -0.05) is 35.6 Å².